The number of nitrogens with two attached hydrogens (primary N) is 1. The van der Waals surface area contributed by atoms with Crippen LogP contribution in [0.15, 0.2) is 18.2 Å². The Morgan fingerprint density at radius 2 is 2.40 bits per heavy atom. The number of halogens is 1. The number of rotatable bonds is 3. The first-order valence-electron chi connectivity index (χ1n) is 5.19. The van der Waals surface area contributed by atoms with Crippen LogP contribution in [0, 0.1) is 0 Å². The molecule has 82 valence electrons. The molecule has 0 saturated carbocycles. The van der Waals surface area contributed by atoms with Crippen LogP contribution in [0.1, 0.15) is 12.8 Å². The van der Waals surface area contributed by atoms with E-state index in [9.17, 15) is 0 Å². The molecule has 1 aromatic rings. The molecule has 0 fully saturated rings. The normalized spacial score (nSPS) is 18.9. The molecule has 2 rings (SSSR count). The van der Waals surface area contributed by atoms with Crippen LogP contribution in [0.25, 0.3) is 0 Å². The Hall–Kier alpha value is -0.930. The largest absolute Gasteiger partial charge is 0.488 e. The van der Waals surface area contributed by atoms with Crippen molar-refractivity contribution in [2.45, 2.75) is 18.9 Å². The molecule has 0 radical (unpaired) electrons. The second kappa shape index (κ2) is 4.73. The molecular formula is C11H15ClN2O. The Morgan fingerprint density at radius 1 is 1.53 bits per heavy atom. The summed E-state index contributed by atoms with van der Waals surface area (Å²) in [6, 6.07) is 6.08. The van der Waals surface area contributed by atoms with Crippen molar-refractivity contribution in [1.82, 2.24) is 0 Å². The van der Waals surface area contributed by atoms with Crippen LogP contribution in [-0.4, -0.2) is 19.2 Å². The van der Waals surface area contributed by atoms with Gasteiger partial charge in [0.25, 0.3) is 0 Å². The quantitative estimate of drug-likeness (QED) is 0.831. The van der Waals surface area contributed by atoms with Crippen molar-refractivity contribution in [2.75, 3.05) is 18.5 Å². The van der Waals surface area contributed by atoms with Crippen molar-refractivity contribution < 1.29 is 4.74 Å². The van der Waals surface area contributed by atoms with E-state index >= 15 is 0 Å². The molecule has 0 amide bonds. The van der Waals surface area contributed by atoms with Crippen molar-refractivity contribution in [3.63, 3.8) is 0 Å². The zero-order chi connectivity index (χ0) is 10.7. The number of hydrogen-bond acceptors (Lipinski definition) is 3. The lowest BCUT2D eigenvalue weighted by atomic mass is 10.1. The summed E-state index contributed by atoms with van der Waals surface area (Å²) in [5.74, 6) is 0.767. The summed E-state index contributed by atoms with van der Waals surface area (Å²) in [5.41, 5.74) is 6.46. The molecule has 0 saturated heterocycles. The van der Waals surface area contributed by atoms with E-state index in [0.717, 1.165) is 30.8 Å². The number of fused-ring (bicyclic) bond motifs is 1. The molecule has 3 nitrogen and oxygen atoms in total. The number of ether oxygens (including phenoxy) is 1. The maximum Gasteiger partial charge on any atom is 0.161 e. The molecule has 15 heavy (non-hydrogen) atoms. The third-order valence-corrected chi connectivity index (χ3v) is 2.81. The van der Waals surface area contributed by atoms with Crippen molar-refractivity contribution in [3.8, 4) is 5.75 Å². The third kappa shape index (κ3) is 2.36. The van der Waals surface area contributed by atoms with E-state index in [1.807, 2.05) is 18.2 Å². The third-order valence-electron chi connectivity index (χ3n) is 2.51. The minimum atomic E-state index is 0.347. The van der Waals surface area contributed by atoms with Crippen molar-refractivity contribution in [3.05, 3.63) is 23.2 Å². The first kappa shape index (κ1) is 10.6. The van der Waals surface area contributed by atoms with Gasteiger partial charge >= 0.3 is 0 Å². The SMILES string of the molecule is NCCCC1COc2c(Cl)cccc2N1. The highest BCUT2D eigenvalue weighted by molar-refractivity contribution is 6.32. The van der Waals surface area contributed by atoms with Crippen molar-refractivity contribution in [1.29, 1.82) is 0 Å². The zero-order valence-corrected chi connectivity index (χ0v) is 9.26. The Balaban J connectivity index is 2.07. The average Bonchev–Trinajstić information content (AvgIpc) is 2.26. The van der Waals surface area contributed by atoms with E-state index < -0.39 is 0 Å². The number of benzene rings is 1. The number of anilines is 1. The van der Waals surface area contributed by atoms with Crippen molar-refractivity contribution >= 4 is 17.3 Å². The summed E-state index contributed by atoms with van der Waals surface area (Å²) < 4.78 is 5.63. The first-order chi connectivity index (χ1) is 7.31. The summed E-state index contributed by atoms with van der Waals surface area (Å²) in [6.45, 7) is 1.39. The Morgan fingerprint density at radius 3 is 3.20 bits per heavy atom. The number of para-hydroxylation sites is 1. The van der Waals surface area contributed by atoms with Crippen molar-refractivity contribution in [2.24, 2.45) is 5.73 Å². The predicted octanol–water partition coefficient (Wildman–Crippen LogP) is 2.25. The molecular weight excluding hydrogens is 212 g/mol. The van der Waals surface area contributed by atoms with Crippen LogP contribution >= 0.6 is 11.6 Å². The zero-order valence-electron chi connectivity index (χ0n) is 8.50. The molecule has 1 atom stereocenters. The predicted molar refractivity (Wildman–Crippen MR) is 62.6 cm³/mol. The summed E-state index contributed by atoms with van der Waals surface area (Å²) >= 11 is 6.01. The minimum absolute atomic E-state index is 0.347. The molecule has 1 heterocycles. The van der Waals surface area contributed by atoms with Gasteiger partial charge in [0.1, 0.15) is 6.61 Å². The Bertz CT molecular complexity index is 343. The highest BCUT2D eigenvalue weighted by atomic mass is 35.5. The second-order valence-electron chi connectivity index (χ2n) is 3.70. The van der Waals surface area contributed by atoms with E-state index in [1.54, 1.807) is 0 Å². The molecule has 1 aromatic carbocycles. The van der Waals surface area contributed by atoms with Crippen LogP contribution in [0.5, 0.6) is 5.75 Å². The highest BCUT2D eigenvalue weighted by Gasteiger charge is 2.19. The molecule has 0 aromatic heterocycles. The van der Waals surface area contributed by atoms with Crippen LogP contribution in [0.3, 0.4) is 0 Å². The van der Waals surface area contributed by atoms with Crippen LogP contribution in [0.2, 0.25) is 5.02 Å². The molecule has 1 aliphatic rings. The molecule has 0 bridgehead atoms. The fourth-order valence-electron chi connectivity index (χ4n) is 1.73. The molecule has 1 aliphatic heterocycles. The number of hydrogen-bond donors (Lipinski definition) is 2. The summed E-state index contributed by atoms with van der Waals surface area (Å²) in [7, 11) is 0. The van der Waals surface area contributed by atoms with E-state index in [1.165, 1.54) is 0 Å². The van der Waals surface area contributed by atoms with Crippen LogP contribution < -0.4 is 15.8 Å². The Labute approximate surface area is 94.6 Å². The smallest absolute Gasteiger partial charge is 0.161 e. The van der Waals surface area contributed by atoms with Gasteiger partial charge in [0.05, 0.1) is 16.8 Å². The van der Waals surface area contributed by atoms with Gasteiger partial charge in [-0.2, -0.15) is 0 Å². The standard InChI is InChI=1S/C11H15ClN2O/c12-9-4-1-5-10-11(9)15-7-8(14-10)3-2-6-13/h1,4-5,8,14H,2-3,6-7,13H2. The monoisotopic (exact) mass is 226 g/mol. The van der Waals surface area contributed by atoms with E-state index in [4.69, 9.17) is 22.1 Å². The lowest BCUT2D eigenvalue weighted by Gasteiger charge is -2.27. The minimum Gasteiger partial charge on any atom is -0.488 e. The maximum absolute atomic E-state index is 6.01. The fourth-order valence-corrected chi connectivity index (χ4v) is 1.96. The average molecular weight is 227 g/mol. The van der Waals surface area contributed by atoms with Gasteiger partial charge in [-0.05, 0) is 31.5 Å². The van der Waals surface area contributed by atoms with E-state index in [-0.39, 0.29) is 0 Å². The van der Waals surface area contributed by atoms with Gasteiger partial charge in [0, 0.05) is 0 Å². The topological polar surface area (TPSA) is 47.3 Å². The first-order valence-corrected chi connectivity index (χ1v) is 5.57. The molecule has 1 unspecified atom stereocenters. The molecule has 0 spiro atoms. The van der Waals surface area contributed by atoms with Gasteiger partial charge in [-0.1, -0.05) is 17.7 Å². The van der Waals surface area contributed by atoms with Gasteiger partial charge in [-0.3, -0.25) is 0 Å². The summed E-state index contributed by atoms with van der Waals surface area (Å²) in [4.78, 5) is 0. The molecule has 4 heteroatoms. The molecule has 3 N–H and O–H groups in total. The van der Waals surface area contributed by atoms with Gasteiger partial charge < -0.3 is 15.8 Å². The summed E-state index contributed by atoms with van der Waals surface area (Å²) in [5, 5.41) is 4.07. The number of nitrogens with one attached hydrogen (secondary N) is 1. The van der Waals surface area contributed by atoms with Crippen LogP contribution in [-0.2, 0) is 0 Å². The van der Waals surface area contributed by atoms with Gasteiger partial charge in [-0.25, -0.2) is 0 Å². The Kier molecular flexibility index (Phi) is 3.34. The highest BCUT2D eigenvalue weighted by Crippen LogP contribution is 2.36. The second-order valence-corrected chi connectivity index (χ2v) is 4.11. The van der Waals surface area contributed by atoms with Gasteiger partial charge in [-0.15, -0.1) is 0 Å². The van der Waals surface area contributed by atoms with Gasteiger partial charge in [0.15, 0.2) is 5.75 Å². The van der Waals surface area contributed by atoms with E-state index in [0.29, 0.717) is 17.7 Å². The van der Waals surface area contributed by atoms with Gasteiger partial charge in [0.2, 0.25) is 0 Å². The van der Waals surface area contributed by atoms with E-state index in [2.05, 4.69) is 5.32 Å². The molecule has 0 aliphatic carbocycles. The maximum atomic E-state index is 6.01. The lowest BCUT2D eigenvalue weighted by molar-refractivity contribution is 0.277. The summed E-state index contributed by atoms with van der Waals surface area (Å²) in [6.07, 6.45) is 2.04. The van der Waals surface area contributed by atoms with Crippen LogP contribution in [0.4, 0.5) is 5.69 Å². The fraction of sp³-hybridized carbons (Fsp3) is 0.455. The lowest BCUT2D eigenvalue weighted by Crippen LogP contribution is -2.31.